The van der Waals surface area contributed by atoms with E-state index in [4.69, 9.17) is 14.2 Å². The summed E-state index contributed by atoms with van der Waals surface area (Å²) in [6.07, 6.45) is 0. The SMILES string of the molecule is COC(=O)C1(OC)C(=C(O)c2ccc(OC)cc2)C(=O)C(=O)N1c1ccccc1. The van der Waals surface area contributed by atoms with Gasteiger partial charge in [-0.05, 0) is 36.4 Å². The molecule has 1 heterocycles. The van der Waals surface area contributed by atoms with Crippen LogP contribution in [0, 0.1) is 0 Å². The number of carbonyl (C=O) groups excluding carboxylic acids is 3. The number of para-hydroxylation sites is 1. The second-order valence-corrected chi connectivity index (χ2v) is 6.10. The molecule has 0 saturated carbocycles. The standard InChI is InChI=1S/C21H19NO7/c1-27-15-11-9-13(10-12-15)17(23)16-18(24)19(25)22(14-7-5-4-6-8-14)21(16,29-3)20(26)28-2/h4-12,23H,1-3H3. The fourth-order valence-electron chi connectivity index (χ4n) is 3.26. The number of carbonyl (C=O) groups is 3. The third-order valence-corrected chi connectivity index (χ3v) is 4.65. The van der Waals surface area contributed by atoms with Crippen LogP contribution in [-0.4, -0.2) is 49.8 Å². The summed E-state index contributed by atoms with van der Waals surface area (Å²) in [4.78, 5) is 39.5. The molecule has 1 amide bonds. The van der Waals surface area contributed by atoms with Crippen LogP contribution >= 0.6 is 0 Å². The Bertz CT molecular complexity index is 982. The Hall–Kier alpha value is -3.65. The summed E-state index contributed by atoms with van der Waals surface area (Å²) in [7, 11) is 3.74. The van der Waals surface area contributed by atoms with Gasteiger partial charge in [-0.15, -0.1) is 0 Å². The molecule has 1 aliphatic rings. The maximum absolute atomic E-state index is 12.9. The number of methoxy groups -OCH3 is 3. The van der Waals surface area contributed by atoms with Crippen molar-refractivity contribution in [2.75, 3.05) is 26.2 Å². The van der Waals surface area contributed by atoms with Crippen molar-refractivity contribution in [3.05, 3.63) is 65.7 Å². The van der Waals surface area contributed by atoms with Crippen LogP contribution < -0.4 is 9.64 Å². The van der Waals surface area contributed by atoms with Crippen LogP contribution in [0.1, 0.15) is 5.56 Å². The minimum atomic E-state index is -2.28. The van der Waals surface area contributed by atoms with Crippen LogP contribution in [0.15, 0.2) is 60.2 Å². The van der Waals surface area contributed by atoms with Crippen molar-refractivity contribution in [1.29, 1.82) is 0 Å². The van der Waals surface area contributed by atoms with Gasteiger partial charge in [0.2, 0.25) is 0 Å². The summed E-state index contributed by atoms with van der Waals surface area (Å²) in [5.74, 6) is -3.18. The highest BCUT2D eigenvalue weighted by Crippen LogP contribution is 2.42. The Morgan fingerprint density at radius 3 is 2.10 bits per heavy atom. The first-order chi connectivity index (χ1) is 13.9. The molecule has 1 fully saturated rings. The van der Waals surface area contributed by atoms with Gasteiger partial charge in [-0.25, -0.2) is 4.79 Å². The fourth-order valence-corrected chi connectivity index (χ4v) is 3.26. The van der Waals surface area contributed by atoms with Crippen LogP contribution in [0.2, 0.25) is 0 Å². The smallest absolute Gasteiger partial charge is 0.365 e. The molecule has 0 aromatic heterocycles. The van der Waals surface area contributed by atoms with Crippen molar-refractivity contribution in [3.63, 3.8) is 0 Å². The molecule has 1 unspecified atom stereocenters. The first-order valence-corrected chi connectivity index (χ1v) is 8.58. The number of benzene rings is 2. The Labute approximate surface area is 166 Å². The molecule has 150 valence electrons. The number of aliphatic hydroxyl groups excluding tert-OH is 1. The largest absolute Gasteiger partial charge is 0.507 e. The third-order valence-electron chi connectivity index (χ3n) is 4.65. The number of hydrogen-bond acceptors (Lipinski definition) is 7. The molecule has 3 rings (SSSR count). The molecule has 2 aromatic rings. The third kappa shape index (κ3) is 3.03. The van der Waals surface area contributed by atoms with E-state index in [1.54, 1.807) is 30.3 Å². The van der Waals surface area contributed by atoms with Gasteiger partial charge in [0.25, 0.3) is 11.5 Å². The Morgan fingerprint density at radius 1 is 0.966 bits per heavy atom. The van der Waals surface area contributed by atoms with Gasteiger partial charge in [0, 0.05) is 18.4 Å². The van der Waals surface area contributed by atoms with Crippen molar-refractivity contribution in [2.45, 2.75) is 5.72 Å². The van der Waals surface area contributed by atoms with E-state index < -0.39 is 34.7 Å². The molecule has 0 aliphatic carbocycles. The first kappa shape index (κ1) is 20.1. The minimum absolute atomic E-state index is 0.196. The van der Waals surface area contributed by atoms with E-state index in [1.165, 1.54) is 31.4 Å². The van der Waals surface area contributed by atoms with Gasteiger partial charge in [-0.1, -0.05) is 18.2 Å². The summed E-state index contributed by atoms with van der Waals surface area (Å²) in [6, 6.07) is 14.2. The van der Waals surface area contributed by atoms with E-state index >= 15 is 0 Å². The molecule has 29 heavy (non-hydrogen) atoms. The topological polar surface area (TPSA) is 102 Å². The van der Waals surface area contributed by atoms with Gasteiger partial charge in [-0.3, -0.25) is 14.5 Å². The van der Waals surface area contributed by atoms with Crippen molar-refractivity contribution in [1.82, 2.24) is 0 Å². The molecular weight excluding hydrogens is 378 g/mol. The number of ketones is 1. The van der Waals surface area contributed by atoms with Crippen molar-refractivity contribution < 1.29 is 33.7 Å². The number of hydrogen-bond donors (Lipinski definition) is 1. The van der Waals surface area contributed by atoms with Crippen LogP contribution in [-0.2, 0) is 23.9 Å². The summed E-state index contributed by atoms with van der Waals surface area (Å²) in [5, 5.41) is 10.9. The Kier molecular flexibility index (Phi) is 5.38. The average Bonchev–Trinajstić information content (AvgIpc) is 3.00. The van der Waals surface area contributed by atoms with E-state index in [2.05, 4.69) is 0 Å². The lowest BCUT2D eigenvalue weighted by molar-refractivity contribution is -0.161. The number of anilines is 1. The van der Waals surface area contributed by atoms with Crippen LogP contribution in [0.3, 0.4) is 0 Å². The molecule has 2 aromatic carbocycles. The molecule has 1 atom stereocenters. The summed E-state index contributed by atoms with van der Waals surface area (Å²) in [5.41, 5.74) is -2.38. The second kappa shape index (κ2) is 7.76. The van der Waals surface area contributed by atoms with Crippen LogP contribution in [0.25, 0.3) is 5.76 Å². The number of amides is 1. The first-order valence-electron chi connectivity index (χ1n) is 8.58. The normalized spacial score (nSPS) is 20.6. The molecule has 1 N–H and O–H groups in total. The highest BCUT2D eigenvalue weighted by Gasteiger charge is 2.64. The zero-order chi connectivity index (χ0) is 21.2. The van der Waals surface area contributed by atoms with Crippen molar-refractivity contribution in [3.8, 4) is 5.75 Å². The number of rotatable bonds is 5. The molecule has 0 radical (unpaired) electrons. The van der Waals surface area contributed by atoms with Crippen molar-refractivity contribution >= 4 is 29.1 Å². The van der Waals surface area contributed by atoms with Gasteiger partial charge in [0.05, 0.1) is 14.2 Å². The molecule has 0 spiro atoms. The predicted molar refractivity (Wildman–Crippen MR) is 103 cm³/mol. The Morgan fingerprint density at radius 2 is 1.59 bits per heavy atom. The fraction of sp³-hybridized carbons (Fsp3) is 0.190. The summed E-state index contributed by atoms with van der Waals surface area (Å²) >= 11 is 0. The zero-order valence-electron chi connectivity index (χ0n) is 16.0. The van der Waals surface area contributed by atoms with Gasteiger partial charge < -0.3 is 19.3 Å². The van der Waals surface area contributed by atoms with E-state index in [9.17, 15) is 19.5 Å². The highest BCUT2D eigenvalue weighted by molar-refractivity contribution is 6.54. The van der Waals surface area contributed by atoms with E-state index in [0.717, 1.165) is 19.1 Å². The molecule has 1 saturated heterocycles. The lowest BCUT2D eigenvalue weighted by Gasteiger charge is -2.34. The molecule has 8 heteroatoms. The molecule has 0 bridgehead atoms. The van der Waals surface area contributed by atoms with E-state index in [1.807, 2.05) is 0 Å². The van der Waals surface area contributed by atoms with Gasteiger partial charge in [0.1, 0.15) is 17.1 Å². The number of nitrogens with zero attached hydrogens (tertiary/aromatic N) is 1. The lowest BCUT2D eigenvalue weighted by atomic mass is 9.97. The highest BCUT2D eigenvalue weighted by atomic mass is 16.6. The molecule has 1 aliphatic heterocycles. The minimum Gasteiger partial charge on any atom is -0.507 e. The van der Waals surface area contributed by atoms with Crippen LogP contribution in [0.5, 0.6) is 5.75 Å². The van der Waals surface area contributed by atoms with Crippen molar-refractivity contribution in [2.24, 2.45) is 0 Å². The molecular formula is C21H19NO7. The quantitative estimate of drug-likeness (QED) is 0.357. The monoisotopic (exact) mass is 397 g/mol. The van der Waals surface area contributed by atoms with E-state index in [-0.39, 0.29) is 11.3 Å². The average molecular weight is 397 g/mol. The number of ether oxygens (including phenoxy) is 3. The van der Waals surface area contributed by atoms with E-state index in [0.29, 0.717) is 5.75 Å². The maximum Gasteiger partial charge on any atom is 0.365 e. The van der Waals surface area contributed by atoms with Crippen LogP contribution in [0.4, 0.5) is 5.69 Å². The maximum atomic E-state index is 12.9. The van der Waals surface area contributed by atoms with Gasteiger partial charge >= 0.3 is 11.9 Å². The Balaban J connectivity index is 2.30. The summed E-state index contributed by atoms with van der Waals surface area (Å²) in [6.45, 7) is 0. The van der Waals surface area contributed by atoms with Gasteiger partial charge in [0.15, 0.2) is 0 Å². The zero-order valence-corrected chi connectivity index (χ0v) is 16.0. The number of Topliss-reactive ketones (excluding diaryl/α,β-unsaturated/α-hetero) is 1. The molecule has 8 nitrogen and oxygen atoms in total. The second-order valence-electron chi connectivity index (χ2n) is 6.10. The predicted octanol–water partition coefficient (Wildman–Crippen LogP) is 2.10. The van der Waals surface area contributed by atoms with Gasteiger partial charge in [-0.2, -0.15) is 0 Å². The number of aliphatic hydroxyl groups is 1. The lowest BCUT2D eigenvalue weighted by Crippen LogP contribution is -2.55. The summed E-state index contributed by atoms with van der Waals surface area (Å²) < 4.78 is 15.4. The number of esters is 1.